The van der Waals surface area contributed by atoms with Gasteiger partial charge in [-0.2, -0.15) is 0 Å². The van der Waals surface area contributed by atoms with Crippen molar-refractivity contribution in [3.8, 4) is 22.4 Å². The molecule has 0 aliphatic heterocycles. The molecule has 0 saturated heterocycles. The third-order valence-electron chi connectivity index (χ3n) is 4.22. The van der Waals surface area contributed by atoms with E-state index in [9.17, 15) is 0 Å². The molecule has 4 aromatic rings. The lowest BCUT2D eigenvalue weighted by atomic mass is 10.0. The number of hydrogen-bond acceptors (Lipinski definition) is 2. The summed E-state index contributed by atoms with van der Waals surface area (Å²) in [5.41, 5.74) is 6.38. The van der Waals surface area contributed by atoms with E-state index < -0.39 is 0 Å². The Morgan fingerprint density at radius 2 is 1.68 bits per heavy atom. The Labute approximate surface area is 151 Å². The third kappa shape index (κ3) is 3.16. The maximum atomic E-state index is 5.97. The first kappa shape index (κ1) is 15.9. The topological polar surface area (TPSA) is 26.5 Å². The number of pyridine rings is 1. The van der Waals surface area contributed by atoms with Gasteiger partial charge in [-0.05, 0) is 41.0 Å². The van der Waals surface area contributed by atoms with Gasteiger partial charge in [-0.25, -0.2) is 4.98 Å². The van der Waals surface area contributed by atoms with Crippen LogP contribution in [0.25, 0.3) is 28.0 Å². The smallest absolute Gasteiger partial charge is 0.137 e. The number of imidazole rings is 1. The van der Waals surface area contributed by atoms with Gasteiger partial charge in [-0.3, -0.25) is 0 Å². The minimum absolute atomic E-state index is 0.591. The summed E-state index contributed by atoms with van der Waals surface area (Å²) < 4.78 is 7.38. The highest BCUT2D eigenvalue weighted by Gasteiger charge is 2.08. The maximum Gasteiger partial charge on any atom is 0.137 e. The van der Waals surface area contributed by atoms with Gasteiger partial charge in [-0.15, -0.1) is 0 Å². The van der Waals surface area contributed by atoms with Crippen LogP contribution in [0.5, 0.6) is 0 Å². The van der Waals surface area contributed by atoms with Gasteiger partial charge in [0.1, 0.15) is 5.65 Å². The summed E-state index contributed by atoms with van der Waals surface area (Å²) in [6, 6.07) is 20.2. The SMILES string of the molecule is COCc1ccccc1-c1ccc2nc(-c3ccc(Cl)cc3)cn2c1. The summed E-state index contributed by atoms with van der Waals surface area (Å²) in [7, 11) is 1.72. The number of hydrogen-bond donors (Lipinski definition) is 0. The van der Waals surface area contributed by atoms with Gasteiger partial charge < -0.3 is 9.14 Å². The second-order valence-electron chi connectivity index (χ2n) is 5.91. The number of rotatable bonds is 4. The van der Waals surface area contributed by atoms with Crippen LogP contribution >= 0.6 is 11.6 Å². The first-order chi connectivity index (χ1) is 12.2. The summed E-state index contributed by atoms with van der Waals surface area (Å²) >= 11 is 5.97. The summed E-state index contributed by atoms with van der Waals surface area (Å²) in [6.45, 7) is 0.591. The number of methoxy groups -OCH3 is 1. The van der Waals surface area contributed by atoms with Crippen LogP contribution in [0.15, 0.2) is 73.1 Å². The average molecular weight is 349 g/mol. The zero-order chi connectivity index (χ0) is 17.2. The van der Waals surface area contributed by atoms with E-state index in [2.05, 4.69) is 28.8 Å². The number of benzene rings is 2. The van der Waals surface area contributed by atoms with Crippen LogP contribution < -0.4 is 0 Å². The van der Waals surface area contributed by atoms with Crippen molar-refractivity contribution in [2.24, 2.45) is 0 Å². The highest BCUT2D eigenvalue weighted by Crippen LogP contribution is 2.27. The molecule has 0 saturated carbocycles. The van der Waals surface area contributed by atoms with E-state index in [0.717, 1.165) is 27.5 Å². The summed E-state index contributed by atoms with van der Waals surface area (Å²) in [5.74, 6) is 0. The zero-order valence-electron chi connectivity index (χ0n) is 13.8. The van der Waals surface area contributed by atoms with Crippen LogP contribution in [0.4, 0.5) is 0 Å². The lowest BCUT2D eigenvalue weighted by Crippen LogP contribution is -1.93. The van der Waals surface area contributed by atoms with Crippen molar-refractivity contribution in [2.75, 3.05) is 7.11 Å². The van der Waals surface area contributed by atoms with E-state index in [1.807, 2.05) is 48.7 Å². The van der Waals surface area contributed by atoms with Crippen LogP contribution in [-0.4, -0.2) is 16.5 Å². The predicted octanol–water partition coefficient (Wildman–Crippen LogP) is 5.47. The Kier molecular flexibility index (Phi) is 4.26. The number of halogens is 1. The summed E-state index contributed by atoms with van der Waals surface area (Å²) in [6.07, 6.45) is 4.15. The molecule has 3 nitrogen and oxygen atoms in total. The van der Waals surface area contributed by atoms with E-state index in [-0.39, 0.29) is 0 Å². The molecule has 0 radical (unpaired) electrons. The summed E-state index contributed by atoms with van der Waals surface area (Å²) in [5, 5.41) is 0.726. The van der Waals surface area contributed by atoms with E-state index >= 15 is 0 Å². The van der Waals surface area contributed by atoms with Crippen molar-refractivity contribution >= 4 is 17.2 Å². The Morgan fingerprint density at radius 3 is 2.48 bits per heavy atom. The van der Waals surface area contributed by atoms with Crippen LogP contribution in [0, 0.1) is 0 Å². The lowest BCUT2D eigenvalue weighted by molar-refractivity contribution is 0.185. The highest BCUT2D eigenvalue weighted by molar-refractivity contribution is 6.30. The molecule has 0 aliphatic carbocycles. The first-order valence-electron chi connectivity index (χ1n) is 8.06. The fourth-order valence-corrected chi connectivity index (χ4v) is 3.12. The number of fused-ring (bicyclic) bond motifs is 1. The van der Waals surface area contributed by atoms with Gasteiger partial charge in [0.2, 0.25) is 0 Å². The maximum absolute atomic E-state index is 5.97. The van der Waals surface area contributed by atoms with Gasteiger partial charge in [0.05, 0.1) is 12.3 Å². The second-order valence-corrected chi connectivity index (χ2v) is 6.34. The zero-order valence-corrected chi connectivity index (χ0v) is 14.6. The molecule has 2 aromatic heterocycles. The molecular weight excluding hydrogens is 332 g/mol. The molecule has 0 atom stereocenters. The summed E-state index contributed by atoms with van der Waals surface area (Å²) in [4.78, 5) is 4.70. The van der Waals surface area contributed by atoms with Crippen molar-refractivity contribution in [1.29, 1.82) is 0 Å². The molecule has 0 unspecified atom stereocenters. The van der Waals surface area contributed by atoms with E-state index in [1.54, 1.807) is 7.11 Å². The number of nitrogens with zero attached hydrogens (tertiary/aromatic N) is 2. The van der Waals surface area contributed by atoms with Crippen LogP contribution in [0.3, 0.4) is 0 Å². The molecule has 0 spiro atoms. The van der Waals surface area contributed by atoms with Crippen LogP contribution in [0.2, 0.25) is 5.02 Å². The fourth-order valence-electron chi connectivity index (χ4n) is 2.99. The average Bonchev–Trinajstić information content (AvgIpc) is 3.06. The fraction of sp³-hybridized carbons (Fsp3) is 0.0952. The Morgan fingerprint density at radius 1 is 0.920 bits per heavy atom. The largest absolute Gasteiger partial charge is 0.380 e. The normalized spacial score (nSPS) is 11.1. The molecule has 0 bridgehead atoms. The van der Waals surface area contributed by atoms with Crippen molar-refractivity contribution in [2.45, 2.75) is 6.61 Å². The van der Waals surface area contributed by atoms with Gasteiger partial charge in [-0.1, -0.05) is 48.0 Å². The van der Waals surface area contributed by atoms with Gasteiger partial charge >= 0.3 is 0 Å². The molecule has 0 aliphatic rings. The minimum Gasteiger partial charge on any atom is -0.380 e. The monoisotopic (exact) mass is 348 g/mol. The second kappa shape index (κ2) is 6.71. The predicted molar refractivity (Wildman–Crippen MR) is 102 cm³/mol. The molecule has 124 valence electrons. The van der Waals surface area contributed by atoms with Gasteiger partial charge in [0.25, 0.3) is 0 Å². The molecule has 0 amide bonds. The van der Waals surface area contributed by atoms with E-state index in [4.69, 9.17) is 21.3 Å². The van der Waals surface area contributed by atoms with Gasteiger partial charge in [0.15, 0.2) is 0 Å². The molecule has 2 aromatic carbocycles. The molecule has 4 rings (SSSR count). The Balaban J connectivity index is 1.77. The molecule has 0 fully saturated rings. The molecule has 4 heteroatoms. The molecule has 25 heavy (non-hydrogen) atoms. The lowest BCUT2D eigenvalue weighted by Gasteiger charge is -2.09. The number of aromatic nitrogens is 2. The van der Waals surface area contributed by atoms with Gasteiger partial charge in [0, 0.05) is 30.1 Å². The van der Waals surface area contributed by atoms with E-state index in [0.29, 0.717) is 6.61 Å². The van der Waals surface area contributed by atoms with E-state index in [1.165, 1.54) is 11.1 Å². The van der Waals surface area contributed by atoms with Crippen LogP contribution in [-0.2, 0) is 11.3 Å². The van der Waals surface area contributed by atoms with Crippen molar-refractivity contribution < 1.29 is 4.74 Å². The third-order valence-corrected chi connectivity index (χ3v) is 4.47. The molecule has 0 N–H and O–H groups in total. The van der Waals surface area contributed by atoms with Crippen molar-refractivity contribution in [3.05, 3.63) is 83.6 Å². The Hall–Kier alpha value is -2.62. The van der Waals surface area contributed by atoms with Crippen LogP contribution in [0.1, 0.15) is 5.56 Å². The first-order valence-corrected chi connectivity index (χ1v) is 8.44. The standard InChI is InChI=1S/C21H17ClN2O/c1-25-14-17-4-2-3-5-19(17)16-8-11-21-23-20(13-24(21)12-16)15-6-9-18(22)10-7-15/h2-13H,14H2,1H3. The van der Waals surface area contributed by atoms with Crippen molar-refractivity contribution in [3.63, 3.8) is 0 Å². The molecule has 2 heterocycles. The molecular formula is C21H17ClN2O. The highest BCUT2D eigenvalue weighted by atomic mass is 35.5. The minimum atomic E-state index is 0.591. The Bertz CT molecular complexity index is 1020. The van der Waals surface area contributed by atoms with Crippen molar-refractivity contribution in [1.82, 2.24) is 9.38 Å². The quantitative estimate of drug-likeness (QED) is 0.489. The number of ether oxygens (including phenoxy) is 1.